The summed E-state index contributed by atoms with van der Waals surface area (Å²) in [5.41, 5.74) is 1.31. The lowest BCUT2D eigenvalue weighted by Gasteiger charge is -2.29. The van der Waals surface area contributed by atoms with E-state index in [1.807, 2.05) is 12.1 Å². The summed E-state index contributed by atoms with van der Waals surface area (Å²) in [7, 11) is 0. The Balaban J connectivity index is 1.42. The van der Waals surface area contributed by atoms with Gasteiger partial charge in [0.15, 0.2) is 11.5 Å². The maximum absolute atomic E-state index is 12.7. The minimum absolute atomic E-state index is 0.193. The summed E-state index contributed by atoms with van der Waals surface area (Å²) in [6.07, 6.45) is 0. The quantitative estimate of drug-likeness (QED) is 0.779. The fraction of sp³-hybridized carbons (Fsp3) is 0.286. The molecule has 0 saturated carbocycles. The van der Waals surface area contributed by atoms with E-state index in [0.717, 1.165) is 5.56 Å². The van der Waals surface area contributed by atoms with Gasteiger partial charge in [-0.05, 0) is 56.7 Å². The maximum atomic E-state index is 12.7. The number of carbonyl (C=O) groups is 3. The molecule has 8 nitrogen and oxygen atoms in total. The second kappa shape index (κ2) is 6.80. The van der Waals surface area contributed by atoms with Crippen LogP contribution in [0, 0.1) is 0 Å². The molecule has 0 bridgehead atoms. The largest absolute Gasteiger partial charge is 0.454 e. The summed E-state index contributed by atoms with van der Waals surface area (Å²) in [6, 6.07) is 9.72. The number of nitrogens with one attached hydrogen (secondary N) is 2. The van der Waals surface area contributed by atoms with Crippen LogP contribution in [0.15, 0.2) is 36.4 Å². The predicted molar refractivity (Wildman–Crippen MR) is 105 cm³/mol. The summed E-state index contributed by atoms with van der Waals surface area (Å²) in [5, 5.41) is 5.45. The van der Waals surface area contributed by atoms with Gasteiger partial charge in [0.2, 0.25) is 6.79 Å². The zero-order valence-electron chi connectivity index (χ0n) is 16.4. The van der Waals surface area contributed by atoms with Crippen LogP contribution in [-0.4, -0.2) is 35.1 Å². The summed E-state index contributed by atoms with van der Waals surface area (Å²) in [6.45, 7) is 5.90. The van der Waals surface area contributed by atoms with Gasteiger partial charge >= 0.3 is 6.03 Å². The van der Waals surface area contributed by atoms with Crippen LogP contribution in [0.5, 0.6) is 11.5 Å². The number of anilines is 1. The molecule has 0 saturated heterocycles. The maximum Gasteiger partial charge on any atom is 0.319 e. The number of hydrogen-bond donors (Lipinski definition) is 2. The van der Waals surface area contributed by atoms with E-state index in [2.05, 4.69) is 10.6 Å². The van der Waals surface area contributed by atoms with Gasteiger partial charge in [-0.2, -0.15) is 0 Å². The lowest BCUT2D eigenvalue weighted by Crippen LogP contribution is -2.45. The van der Waals surface area contributed by atoms with E-state index < -0.39 is 11.6 Å². The second-order valence-electron chi connectivity index (χ2n) is 7.87. The molecule has 0 atom stereocenters. The Labute approximate surface area is 167 Å². The van der Waals surface area contributed by atoms with Crippen molar-refractivity contribution >= 4 is 23.5 Å². The van der Waals surface area contributed by atoms with E-state index in [9.17, 15) is 14.4 Å². The highest BCUT2D eigenvalue weighted by molar-refractivity contribution is 6.22. The van der Waals surface area contributed by atoms with Crippen molar-refractivity contribution in [1.29, 1.82) is 0 Å². The van der Waals surface area contributed by atoms with Crippen molar-refractivity contribution in [2.45, 2.75) is 32.9 Å². The highest BCUT2D eigenvalue weighted by Gasteiger charge is 2.41. The number of hydrogen-bond acceptors (Lipinski definition) is 5. The van der Waals surface area contributed by atoms with Crippen LogP contribution in [0.3, 0.4) is 0 Å². The molecule has 0 spiro atoms. The summed E-state index contributed by atoms with van der Waals surface area (Å²) < 4.78 is 10.6. The SMILES string of the molecule is CC(C)(C)N1C(=O)c2ccc(NC(=O)NCc3ccc4c(c3)OCO4)cc2C1=O. The number of fused-ring (bicyclic) bond motifs is 2. The van der Waals surface area contributed by atoms with Gasteiger partial charge in [-0.3, -0.25) is 14.5 Å². The summed E-state index contributed by atoms with van der Waals surface area (Å²) in [4.78, 5) is 38.6. The number of nitrogens with zero attached hydrogens (tertiary/aromatic N) is 1. The minimum atomic E-state index is -0.622. The van der Waals surface area contributed by atoms with E-state index in [1.165, 1.54) is 11.0 Å². The highest BCUT2D eigenvalue weighted by Crippen LogP contribution is 2.33. The van der Waals surface area contributed by atoms with Crippen LogP contribution in [-0.2, 0) is 6.54 Å². The molecule has 0 aliphatic carbocycles. The van der Waals surface area contributed by atoms with Gasteiger partial charge in [-0.15, -0.1) is 0 Å². The average Bonchev–Trinajstić information content (AvgIpc) is 3.22. The first-order valence-corrected chi connectivity index (χ1v) is 9.20. The van der Waals surface area contributed by atoms with E-state index in [-0.39, 0.29) is 18.6 Å². The van der Waals surface area contributed by atoms with Crippen molar-refractivity contribution in [3.63, 3.8) is 0 Å². The Bertz CT molecular complexity index is 1030. The number of urea groups is 1. The van der Waals surface area contributed by atoms with Crippen molar-refractivity contribution in [1.82, 2.24) is 10.2 Å². The monoisotopic (exact) mass is 395 g/mol. The van der Waals surface area contributed by atoms with Gasteiger partial charge in [-0.25, -0.2) is 4.79 Å². The zero-order chi connectivity index (χ0) is 20.8. The molecular formula is C21H21N3O5. The molecule has 4 rings (SSSR count). The van der Waals surface area contributed by atoms with Gasteiger partial charge in [0.05, 0.1) is 11.1 Å². The third-order valence-electron chi connectivity index (χ3n) is 4.71. The van der Waals surface area contributed by atoms with E-state index in [0.29, 0.717) is 34.9 Å². The van der Waals surface area contributed by atoms with Crippen molar-refractivity contribution in [2.75, 3.05) is 12.1 Å². The molecule has 0 radical (unpaired) electrons. The highest BCUT2D eigenvalue weighted by atomic mass is 16.7. The molecule has 2 heterocycles. The Morgan fingerprint density at radius 1 is 1.00 bits per heavy atom. The molecule has 29 heavy (non-hydrogen) atoms. The first-order valence-electron chi connectivity index (χ1n) is 9.20. The fourth-order valence-electron chi connectivity index (χ4n) is 3.34. The third kappa shape index (κ3) is 3.49. The molecule has 4 amide bonds. The third-order valence-corrected chi connectivity index (χ3v) is 4.71. The molecule has 0 fully saturated rings. The smallest absolute Gasteiger partial charge is 0.319 e. The normalized spacial score (nSPS) is 14.8. The first kappa shape index (κ1) is 18.8. The van der Waals surface area contributed by atoms with Crippen LogP contribution in [0.2, 0.25) is 0 Å². The van der Waals surface area contributed by atoms with Gasteiger partial charge in [-0.1, -0.05) is 6.07 Å². The summed E-state index contributed by atoms with van der Waals surface area (Å²) >= 11 is 0. The molecule has 150 valence electrons. The van der Waals surface area contributed by atoms with E-state index in [1.54, 1.807) is 39.0 Å². The standard InChI is InChI=1S/C21H21N3O5/c1-21(2,3)24-18(25)14-6-5-13(9-15(14)19(24)26)23-20(27)22-10-12-4-7-16-17(8-12)29-11-28-16/h4-9H,10-11H2,1-3H3,(H2,22,23,27). The van der Waals surface area contributed by atoms with Crippen molar-refractivity contribution in [3.8, 4) is 11.5 Å². The molecular weight excluding hydrogens is 374 g/mol. The Kier molecular flexibility index (Phi) is 4.41. The van der Waals surface area contributed by atoms with Crippen LogP contribution in [0.4, 0.5) is 10.5 Å². The van der Waals surface area contributed by atoms with Gasteiger partial charge in [0.25, 0.3) is 11.8 Å². The molecule has 2 N–H and O–H groups in total. The lowest BCUT2D eigenvalue weighted by molar-refractivity contribution is 0.0507. The average molecular weight is 395 g/mol. The number of amides is 4. The van der Waals surface area contributed by atoms with Crippen molar-refractivity contribution in [2.24, 2.45) is 0 Å². The van der Waals surface area contributed by atoms with Crippen LogP contribution in [0.25, 0.3) is 0 Å². The molecule has 0 unspecified atom stereocenters. The topological polar surface area (TPSA) is 97.0 Å². The number of rotatable bonds is 3. The Morgan fingerprint density at radius 3 is 2.48 bits per heavy atom. The molecule has 2 aliphatic rings. The number of benzene rings is 2. The number of ether oxygens (including phenoxy) is 2. The van der Waals surface area contributed by atoms with Crippen molar-refractivity contribution < 1.29 is 23.9 Å². The number of carbonyl (C=O) groups excluding carboxylic acids is 3. The van der Waals surface area contributed by atoms with E-state index >= 15 is 0 Å². The van der Waals surface area contributed by atoms with Crippen molar-refractivity contribution in [3.05, 3.63) is 53.1 Å². The molecule has 2 aliphatic heterocycles. The predicted octanol–water partition coefficient (Wildman–Crippen LogP) is 3.13. The number of imide groups is 1. The molecule has 2 aromatic carbocycles. The zero-order valence-corrected chi connectivity index (χ0v) is 16.4. The molecule has 2 aromatic rings. The van der Waals surface area contributed by atoms with Crippen LogP contribution >= 0.6 is 0 Å². The van der Waals surface area contributed by atoms with Crippen LogP contribution < -0.4 is 20.1 Å². The molecule has 8 heteroatoms. The Morgan fingerprint density at radius 2 is 1.72 bits per heavy atom. The fourth-order valence-corrected chi connectivity index (χ4v) is 3.34. The first-order chi connectivity index (χ1) is 13.7. The summed E-state index contributed by atoms with van der Waals surface area (Å²) in [5.74, 6) is 0.646. The van der Waals surface area contributed by atoms with Crippen LogP contribution in [0.1, 0.15) is 47.1 Å². The van der Waals surface area contributed by atoms with Gasteiger partial charge in [0.1, 0.15) is 0 Å². The van der Waals surface area contributed by atoms with Gasteiger partial charge < -0.3 is 20.1 Å². The minimum Gasteiger partial charge on any atom is -0.454 e. The Hall–Kier alpha value is -3.55. The van der Waals surface area contributed by atoms with Gasteiger partial charge in [0, 0.05) is 17.8 Å². The van der Waals surface area contributed by atoms with E-state index in [4.69, 9.17) is 9.47 Å². The molecule has 0 aromatic heterocycles. The lowest BCUT2D eigenvalue weighted by atomic mass is 10.1. The second-order valence-corrected chi connectivity index (χ2v) is 7.87.